The Balaban J connectivity index is 0.000000184. The molecule has 1 aliphatic rings. The molecule has 404 valence electrons. The monoisotopic (exact) mass is 1070 g/mol. The Morgan fingerprint density at radius 1 is 0.627 bits per heavy atom. The first kappa shape index (κ1) is 58.2. The number of anilines is 3. The highest BCUT2D eigenvalue weighted by Gasteiger charge is 2.34. The fourth-order valence-electron chi connectivity index (χ4n) is 8.39. The van der Waals surface area contributed by atoms with Crippen molar-refractivity contribution in [3.05, 3.63) is 87.3 Å². The summed E-state index contributed by atoms with van der Waals surface area (Å²) in [6, 6.07) is 16.9. The van der Waals surface area contributed by atoms with E-state index in [1.54, 1.807) is 30.5 Å². The van der Waals surface area contributed by atoms with E-state index >= 15 is 0 Å². The molecule has 20 heteroatoms. The van der Waals surface area contributed by atoms with Gasteiger partial charge in [0, 0.05) is 29.2 Å². The van der Waals surface area contributed by atoms with E-state index in [1.807, 2.05) is 107 Å². The van der Waals surface area contributed by atoms with Gasteiger partial charge in [-0.15, -0.1) is 0 Å². The van der Waals surface area contributed by atoms with Crippen molar-refractivity contribution in [1.29, 1.82) is 0 Å². The second kappa shape index (κ2) is 22.3. The summed E-state index contributed by atoms with van der Waals surface area (Å²) < 4.78 is 19.2. The van der Waals surface area contributed by atoms with Crippen molar-refractivity contribution < 1.29 is 29.0 Å². The van der Waals surface area contributed by atoms with Gasteiger partial charge in [0.25, 0.3) is 0 Å². The molecule has 17 nitrogen and oxygen atoms in total. The topological polar surface area (TPSA) is 220 Å². The molecule has 8 rings (SSSR count). The van der Waals surface area contributed by atoms with E-state index in [0.29, 0.717) is 62.3 Å². The van der Waals surface area contributed by atoms with Crippen molar-refractivity contribution in [3.8, 4) is 0 Å². The van der Waals surface area contributed by atoms with Crippen LogP contribution in [-0.2, 0) is 31.1 Å². The van der Waals surface area contributed by atoms with Gasteiger partial charge in [0.1, 0.15) is 28.3 Å². The highest BCUT2D eigenvalue weighted by Crippen LogP contribution is 2.38. The standard InChI is InChI=1S/C21H24N4O2.C17H24ClFN4O2.C17H25ClN4O/c1-14-11-12-17-19(22-14)25(16-9-6-10-16)20(23-17)24-18(26)13-21(2,27)15-7-4-3-5-8-15;1-9-11(18)7-12-14(20-9)23(16(3,4)5)15(21-12)22-13(24)8-17(6,25)10(2)19;1-10-11(18)8-12-14(19-10)22(17(5,6)7)15(20-12)21-13(23)9-16(2,3)4/h3-5,7-8,11-12,16,27H,6,9-10,13H2,1-2H3,(H,23,24,26);7,10,25H,8H2,1-6H3,(H,21,22,24);8H,9H2,1-7H3,(H,20,21,23)/t21-;;/m0../s1. The minimum absolute atomic E-state index is 0.0443. The number of hydrogen-bond donors (Lipinski definition) is 5. The van der Waals surface area contributed by atoms with Crippen molar-refractivity contribution in [2.24, 2.45) is 5.41 Å². The number of benzene rings is 1. The summed E-state index contributed by atoms with van der Waals surface area (Å²) >= 11 is 12.3. The Morgan fingerprint density at radius 2 is 1.08 bits per heavy atom. The van der Waals surface area contributed by atoms with Gasteiger partial charge < -0.3 is 10.2 Å². The van der Waals surface area contributed by atoms with Crippen LogP contribution in [0.3, 0.4) is 0 Å². The molecular weight excluding hydrogens is 999 g/mol. The molecule has 1 aromatic carbocycles. The Kier molecular flexibility index (Phi) is 17.3. The molecule has 6 heterocycles. The van der Waals surface area contributed by atoms with Crippen LogP contribution >= 0.6 is 23.2 Å². The number of nitrogens with one attached hydrogen (secondary N) is 3. The number of hydrogen-bond acceptors (Lipinski definition) is 11. The Morgan fingerprint density at radius 3 is 1.52 bits per heavy atom. The molecule has 75 heavy (non-hydrogen) atoms. The zero-order valence-electron chi connectivity index (χ0n) is 45.9. The van der Waals surface area contributed by atoms with E-state index in [1.165, 1.54) is 20.3 Å². The third kappa shape index (κ3) is 14.2. The summed E-state index contributed by atoms with van der Waals surface area (Å²) in [5, 5.41) is 30.3. The maximum absolute atomic E-state index is 13.4. The molecule has 3 amide bonds. The van der Waals surface area contributed by atoms with Gasteiger partial charge in [-0.3, -0.25) is 44.0 Å². The van der Waals surface area contributed by atoms with Gasteiger partial charge in [0.2, 0.25) is 35.6 Å². The maximum atomic E-state index is 13.4. The first-order chi connectivity index (χ1) is 34.6. The zero-order valence-corrected chi connectivity index (χ0v) is 47.4. The summed E-state index contributed by atoms with van der Waals surface area (Å²) in [7, 11) is 0. The van der Waals surface area contributed by atoms with Crippen LogP contribution in [0.4, 0.5) is 22.2 Å². The van der Waals surface area contributed by atoms with Crippen LogP contribution in [-0.4, -0.2) is 83.3 Å². The lowest BCUT2D eigenvalue weighted by molar-refractivity contribution is -0.123. The third-order valence-corrected chi connectivity index (χ3v) is 13.5. The van der Waals surface area contributed by atoms with Gasteiger partial charge in [0.15, 0.2) is 16.9 Å². The summed E-state index contributed by atoms with van der Waals surface area (Å²) in [6.07, 6.45) is 1.75. The number of halogens is 3. The molecule has 7 aromatic rings. The largest absolute Gasteiger partial charge is 0.387 e. The SMILES string of the molecule is Cc1ccc2nc(NC(=O)C[C@](C)(O)c3ccccc3)n(C3CCC3)c2n1.Cc1nc2c(cc1Cl)nc(NC(=O)CC(C)(C)C)n2C(C)(C)C.Cc1nc2c(cc1Cl)nc(NC(=O)CC(C)(O)C(C)F)n2C(C)(C)C. The van der Waals surface area contributed by atoms with E-state index in [0.717, 1.165) is 41.0 Å². The number of aliphatic hydroxyl groups is 2. The van der Waals surface area contributed by atoms with Crippen LogP contribution in [0.2, 0.25) is 10.0 Å². The van der Waals surface area contributed by atoms with Gasteiger partial charge in [-0.05, 0) is 138 Å². The van der Waals surface area contributed by atoms with Crippen LogP contribution in [0.25, 0.3) is 33.5 Å². The number of aromatic nitrogens is 9. The first-order valence-electron chi connectivity index (χ1n) is 25.2. The number of alkyl halides is 1. The van der Waals surface area contributed by atoms with Crippen LogP contribution in [0.1, 0.15) is 150 Å². The third-order valence-electron chi connectivity index (χ3n) is 12.7. The molecule has 3 atom stereocenters. The molecule has 0 saturated heterocycles. The van der Waals surface area contributed by atoms with Gasteiger partial charge >= 0.3 is 0 Å². The normalized spacial score (nSPS) is 15.2. The number of pyridine rings is 3. The number of carbonyl (C=O) groups excluding carboxylic acids is 3. The lowest BCUT2D eigenvalue weighted by Crippen LogP contribution is -2.39. The highest BCUT2D eigenvalue weighted by molar-refractivity contribution is 6.32. The van der Waals surface area contributed by atoms with Gasteiger partial charge in [-0.25, -0.2) is 34.3 Å². The number of fused-ring (bicyclic) bond motifs is 3. The highest BCUT2D eigenvalue weighted by atomic mass is 35.5. The van der Waals surface area contributed by atoms with E-state index in [-0.39, 0.29) is 41.6 Å². The quantitative estimate of drug-likeness (QED) is 0.0820. The van der Waals surface area contributed by atoms with Crippen LogP contribution in [0.5, 0.6) is 0 Å². The second-order valence-corrected chi connectivity index (χ2v) is 24.0. The van der Waals surface area contributed by atoms with Crippen molar-refractivity contribution in [2.45, 2.75) is 177 Å². The predicted octanol–water partition coefficient (Wildman–Crippen LogP) is 11.8. The van der Waals surface area contributed by atoms with Gasteiger partial charge in [-0.1, -0.05) is 74.3 Å². The number of nitrogens with zero attached hydrogens (tertiary/aromatic N) is 9. The Hall–Kier alpha value is -6.08. The first-order valence-corrected chi connectivity index (χ1v) is 25.9. The maximum Gasteiger partial charge on any atom is 0.229 e. The minimum Gasteiger partial charge on any atom is -0.387 e. The molecular formula is C55H73Cl2FN12O5. The smallest absolute Gasteiger partial charge is 0.229 e. The summed E-state index contributed by atoms with van der Waals surface area (Å²) in [6.45, 7) is 27.9. The Labute approximate surface area is 448 Å². The van der Waals surface area contributed by atoms with Crippen molar-refractivity contribution in [1.82, 2.24) is 43.6 Å². The molecule has 5 N–H and O–H groups in total. The summed E-state index contributed by atoms with van der Waals surface area (Å²) in [5.41, 5.74) is 3.42. The molecule has 1 fully saturated rings. The second-order valence-electron chi connectivity index (χ2n) is 23.2. The predicted molar refractivity (Wildman–Crippen MR) is 296 cm³/mol. The number of imidazole rings is 3. The van der Waals surface area contributed by atoms with Crippen molar-refractivity contribution >= 4 is 92.3 Å². The Bertz CT molecular complexity index is 3210. The lowest BCUT2D eigenvalue weighted by atomic mass is 9.92. The molecule has 6 aromatic heterocycles. The fourth-order valence-corrected chi connectivity index (χ4v) is 8.68. The van der Waals surface area contributed by atoms with Crippen molar-refractivity contribution in [3.63, 3.8) is 0 Å². The lowest BCUT2D eigenvalue weighted by Gasteiger charge is -2.29. The van der Waals surface area contributed by atoms with E-state index in [2.05, 4.69) is 66.6 Å². The number of rotatable bonds is 11. The van der Waals surface area contributed by atoms with E-state index in [9.17, 15) is 29.0 Å². The van der Waals surface area contributed by atoms with Gasteiger partial charge in [0.05, 0.1) is 39.9 Å². The molecule has 1 aliphatic carbocycles. The molecule has 0 bridgehead atoms. The summed E-state index contributed by atoms with van der Waals surface area (Å²) in [5.74, 6) is 0.456. The molecule has 1 saturated carbocycles. The fraction of sp³-hybridized carbons (Fsp3) is 0.509. The average molecular weight is 1070 g/mol. The molecule has 2 unspecified atom stereocenters. The van der Waals surface area contributed by atoms with E-state index < -0.39 is 28.8 Å². The molecule has 0 aliphatic heterocycles. The van der Waals surface area contributed by atoms with E-state index in [4.69, 9.17) is 23.2 Å². The number of aryl methyl sites for hydroxylation is 3. The molecule has 0 radical (unpaired) electrons. The number of carbonyl (C=O) groups is 3. The van der Waals surface area contributed by atoms with Gasteiger partial charge in [-0.2, -0.15) is 0 Å². The minimum atomic E-state index is -1.75. The summed E-state index contributed by atoms with van der Waals surface area (Å²) in [4.78, 5) is 64.5. The average Bonchev–Trinajstić information content (AvgIpc) is 3.89. The van der Waals surface area contributed by atoms with Crippen LogP contribution in [0.15, 0.2) is 54.6 Å². The number of amides is 3. The zero-order chi connectivity index (χ0) is 55.7. The van der Waals surface area contributed by atoms with Crippen LogP contribution < -0.4 is 16.0 Å². The molecule has 0 spiro atoms. The van der Waals surface area contributed by atoms with Crippen molar-refractivity contribution in [2.75, 3.05) is 16.0 Å². The van der Waals surface area contributed by atoms with Crippen LogP contribution in [0, 0.1) is 26.2 Å².